The molecule has 14 nitrogen and oxygen atoms in total. The Balaban J connectivity index is 1.74. The maximum absolute atomic E-state index is 13.1. The van der Waals surface area contributed by atoms with Gasteiger partial charge in [0.25, 0.3) is 0 Å². The molecular formula is C61H104O14. The molecule has 2 aliphatic rings. The molecule has 2 aliphatic heterocycles. The Morgan fingerprint density at radius 1 is 0.453 bits per heavy atom. The predicted molar refractivity (Wildman–Crippen MR) is 298 cm³/mol. The molecule has 0 spiro atoms. The molecule has 2 fully saturated rings. The number of unbranched alkanes of at least 4 members (excludes halogenated alkanes) is 18. The molecule has 432 valence electrons. The Kier molecular flexibility index (Phi) is 43.0. The maximum atomic E-state index is 13.1. The average molecular weight is 1060 g/mol. The zero-order chi connectivity index (χ0) is 54.4. The van der Waals surface area contributed by atoms with E-state index in [0.29, 0.717) is 13.0 Å². The molecule has 11 unspecified atom stereocenters. The molecule has 75 heavy (non-hydrogen) atoms. The van der Waals surface area contributed by atoms with E-state index >= 15 is 0 Å². The number of hydrogen-bond acceptors (Lipinski definition) is 14. The topological polar surface area (TPSA) is 214 Å². The second-order valence-corrected chi connectivity index (χ2v) is 20.1. The minimum Gasteiger partial charge on any atom is -0.457 e. The van der Waals surface area contributed by atoms with Crippen molar-refractivity contribution in [3.8, 4) is 0 Å². The van der Waals surface area contributed by atoms with E-state index in [4.69, 9.17) is 28.4 Å². The van der Waals surface area contributed by atoms with Gasteiger partial charge in [-0.15, -0.1) is 0 Å². The number of hydrogen-bond donors (Lipinski definition) is 7. The van der Waals surface area contributed by atoms with Crippen molar-refractivity contribution in [2.24, 2.45) is 0 Å². The normalized spacial score (nSPS) is 25.2. The molecule has 0 radical (unpaired) electrons. The molecule has 0 aromatic heterocycles. The van der Waals surface area contributed by atoms with Gasteiger partial charge in [-0.1, -0.05) is 182 Å². The van der Waals surface area contributed by atoms with Crippen LogP contribution in [0.4, 0.5) is 0 Å². The monoisotopic (exact) mass is 1060 g/mol. The fourth-order valence-corrected chi connectivity index (χ4v) is 8.69. The molecule has 2 rings (SSSR count). The third-order valence-corrected chi connectivity index (χ3v) is 13.4. The number of carbonyl (C=O) groups is 1. The van der Waals surface area contributed by atoms with Crippen molar-refractivity contribution in [2.45, 2.75) is 261 Å². The van der Waals surface area contributed by atoms with Gasteiger partial charge in [0, 0.05) is 13.0 Å². The van der Waals surface area contributed by atoms with Crippen molar-refractivity contribution in [1.82, 2.24) is 0 Å². The van der Waals surface area contributed by atoms with Crippen LogP contribution in [-0.4, -0.2) is 142 Å². The third kappa shape index (κ3) is 33.9. The van der Waals surface area contributed by atoms with Crippen LogP contribution in [0.3, 0.4) is 0 Å². The van der Waals surface area contributed by atoms with Crippen LogP contribution in [-0.2, 0) is 33.2 Å². The van der Waals surface area contributed by atoms with E-state index in [1.54, 1.807) is 0 Å². The second kappa shape index (κ2) is 47.2. The lowest BCUT2D eigenvalue weighted by atomic mass is 9.98. The molecule has 0 aromatic carbocycles. The summed E-state index contributed by atoms with van der Waals surface area (Å²) in [7, 11) is 0. The van der Waals surface area contributed by atoms with Crippen LogP contribution in [0.5, 0.6) is 0 Å². The van der Waals surface area contributed by atoms with E-state index in [-0.39, 0.29) is 19.6 Å². The van der Waals surface area contributed by atoms with E-state index in [1.807, 2.05) is 0 Å². The van der Waals surface area contributed by atoms with Gasteiger partial charge in [0.1, 0.15) is 54.9 Å². The number of esters is 1. The highest BCUT2D eigenvalue weighted by Gasteiger charge is 2.47. The summed E-state index contributed by atoms with van der Waals surface area (Å²) in [5.41, 5.74) is 0. The first-order chi connectivity index (χ1) is 36.6. The minimum absolute atomic E-state index is 0.0437. The zero-order valence-corrected chi connectivity index (χ0v) is 46.3. The molecular weight excluding hydrogens is 957 g/mol. The van der Waals surface area contributed by atoms with Crippen LogP contribution in [0.25, 0.3) is 0 Å². The first-order valence-corrected chi connectivity index (χ1v) is 29.2. The molecule has 2 heterocycles. The Bertz CT molecular complexity index is 1560. The van der Waals surface area contributed by atoms with E-state index in [9.17, 15) is 40.5 Å². The molecule has 7 N–H and O–H groups in total. The van der Waals surface area contributed by atoms with Crippen LogP contribution < -0.4 is 0 Å². The van der Waals surface area contributed by atoms with Crippen LogP contribution in [0, 0.1) is 0 Å². The molecule has 2 saturated heterocycles. The zero-order valence-electron chi connectivity index (χ0n) is 46.3. The number of aliphatic hydroxyl groups is 7. The largest absolute Gasteiger partial charge is 0.457 e. The molecule has 0 bridgehead atoms. The summed E-state index contributed by atoms with van der Waals surface area (Å²) in [5.74, 6) is -0.395. The summed E-state index contributed by atoms with van der Waals surface area (Å²) >= 11 is 0. The first-order valence-electron chi connectivity index (χ1n) is 29.2. The van der Waals surface area contributed by atoms with Crippen molar-refractivity contribution in [1.29, 1.82) is 0 Å². The van der Waals surface area contributed by atoms with Crippen LogP contribution in [0.1, 0.15) is 194 Å². The van der Waals surface area contributed by atoms with Gasteiger partial charge in [-0.25, -0.2) is 0 Å². The highest BCUT2D eigenvalue weighted by atomic mass is 16.7. The van der Waals surface area contributed by atoms with E-state index in [2.05, 4.69) is 98.9 Å². The lowest BCUT2D eigenvalue weighted by Gasteiger charge is -2.42. The highest BCUT2D eigenvalue weighted by molar-refractivity contribution is 5.69. The van der Waals surface area contributed by atoms with Crippen molar-refractivity contribution in [3.63, 3.8) is 0 Å². The Morgan fingerprint density at radius 2 is 0.867 bits per heavy atom. The van der Waals surface area contributed by atoms with Crippen molar-refractivity contribution in [3.05, 3.63) is 85.1 Å². The summed E-state index contributed by atoms with van der Waals surface area (Å²) in [6, 6.07) is 0. The van der Waals surface area contributed by atoms with Crippen LogP contribution >= 0.6 is 0 Å². The van der Waals surface area contributed by atoms with Crippen molar-refractivity contribution in [2.75, 3.05) is 33.0 Å². The summed E-state index contributed by atoms with van der Waals surface area (Å²) in [4.78, 5) is 13.1. The fourth-order valence-electron chi connectivity index (χ4n) is 8.69. The molecule has 0 aliphatic carbocycles. The summed E-state index contributed by atoms with van der Waals surface area (Å²) < 4.78 is 34.4. The number of rotatable bonds is 46. The molecule has 0 aromatic rings. The van der Waals surface area contributed by atoms with Crippen molar-refractivity contribution < 1.29 is 69.0 Å². The number of ether oxygens (including phenoxy) is 6. The lowest BCUT2D eigenvalue weighted by Crippen LogP contribution is -2.61. The number of carbonyl (C=O) groups excluding carboxylic acids is 1. The van der Waals surface area contributed by atoms with Gasteiger partial charge < -0.3 is 64.2 Å². The highest BCUT2D eigenvalue weighted by Crippen LogP contribution is 2.26. The van der Waals surface area contributed by atoms with E-state index < -0.39 is 86.7 Å². The van der Waals surface area contributed by atoms with Gasteiger partial charge >= 0.3 is 5.97 Å². The number of aliphatic hydroxyl groups excluding tert-OH is 7. The average Bonchev–Trinajstić information content (AvgIpc) is 3.41. The van der Waals surface area contributed by atoms with Gasteiger partial charge in [0.05, 0.1) is 26.4 Å². The summed E-state index contributed by atoms with van der Waals surface area (Å²) in [5, 5.41) is 72.4. The second-order valence-electron chi connectivity index (χ2n) is 20.1. The Morgan fingerprint density at radius 3 is 1.36 bits per heavy atom. The first kappa shape index (κ1) is 68.3. The lowest BCUT2D eigenvalue weighted by molar-refractivity contribution is -0.332. The minimum atomic E-state index is -1.72. The maximum Gasteiger partial charge on any atom is 0.306 e. The van der Waals surface area contributed by atoms with Crippen LogP contribution in [0.15, 0.2) is 85.1 Å². The molecule has 11 atom stereocenters. The fraction of sp³-hybridized carbons (Fsp3) is 0.754. The quantitative estimate of drug-likeness (QED) is 0.0172. The van der Waals surface area contributed by atoms with Gasteiger partial charge in [-0.2, -0.15) is 0 Å². The van der Waals surface area contributed by atoms with Crippen molar-refractivity contribution >= 4 is 5.97 Å². The van der Waals surface area contributed by atoms with Gasteiger partial charge in [-0.05, 0) is 89.9 Å². The van der Waals surface area contributed by atoms with Gasteiger partial charge in [-0.3, -0.25) is 4.79 Å². The van der Waals surface area contributed by atoms with E-state index in [1.165, 1.54) is 57.8 Å². The van der Waals surface area contributed by atoms with E-state index in [0.717, 1.165) is 109 Å². The molecule has 14 heteroatoms. The van der Waals surface area contributed by atoms with Gasteiger partial charge in [0.2, 0.25) is 0 Å². The Hall–Kier alpha value is -2.83. The third-order valence-electron chi connectivity index (χ3n) is 13.4. The number of allylic oxidation sites excluding steroid dienone is 14. The van der Waals surface area contributed by atoms with Gasteiger partial charge in [0.15, 0.2) is 12.6 Å². The standard InChI is InChI=1S/C61H104O14/c1-3-5-7-9-11-13-15-17-19-21-23-25-26-28-30-32-34-36-38-40-42-44-53(63)73-50(47-70-45-43-41-39-37-35-33-31-29-27-24-22-20-18-16-14-12-10-8-6-4-2)48-71-60-59(69)57(67)55(65)52(75-60)49-72-61-58(68)56(66)54(64)51(46-62)74-61/h6,8,12,14-15,17-18,20-21,23-24,26-28,50-52,54-62,64-69H,3-5,7,9-11,13,16,19,22,25,29-49H2,1-2H3/b8-6-,14-12-,17-15-,20-18-,23-21-,27-24-,28-26-. The molecule has 0 amide bonds. The predicted octanol–water partition coefficient (Wildman–Crippen LogP) is 10.4. The molecule has 0 saturated carbocycles. The smallest absolute Gasteiger partial charge is 0.306 e. The summed E-state index contributed by atoms with van der Waals surface area (Å²) in [6.07, 6.45) is 44.9. The summed E-state index contributed by atoms with van der Waals surface area (Å²) in [6.45, 7) is 3.52. The van der Waals surface area contributed by atoms with Crippen LogP contribution in [0.2, 0.25) is 0 Å². The Labute approximate surface area is 452 Å². The SMILES string of the molecule is CC/C=C\C/C=C\C/C=C\C/C=C\CCCCCCCCCOCC(COC1OC(COC2OC(CO)C(O)C(O)C2O)C(O)C(O)C1O)OC(=O)CCCCCCCC/C=C\C/C=C\C/C=C\CCCCCCC.